The van der Waals surface area contributed by atoms with Crippen molar-refractivity contribution >= 4 is 17.3 Å². The minimum Gasteiger partial charge on any atom is -0.477 e. The Bertz CT molecular complexity index is 724. The quantitative estimate of drug-likeness (QED) is 0.624. The summed E-state index contributed by atoms with van der Waals surface area (Å²) in [6.45, 7) is 7.95. The number of carboxylic acids is 1. The number of hydrogen-bond acceptors (Lipinski definition) is 9. The fraction of sp³-hybridized carbons (Fsp3) is 0.750. The van der Waals surface area contributed by atoms with E-state index in [9.17, 15) is 15.0 Å². The number of hydrogen-bond donors (Lipinski definition) is 3. The average Bonchev–Trinajstić information content (AvgIpc) is 3.33. The van der Waals surface area contributed by atoms with E-state index in [0.29, 0.717) is 0 Å². The summed E-state index contributed by atoms with van der Waals surface area (Å²) < 4.78 is 28.0. The van der Waals surface area contributed by atoms with Gasteiger partial charge in [-0.2, -0.15) is 0 Å². The molecule has 0 bridgehead atoms. The van der Waals surface area contributed by atoms with Gasteiger partial charge in [-0.3, -0.25) is 0 Å². The number of thiophene rings is 1. The SMILES string of the molecule is CC1(C)OC[C@@H]2O[C@@]3(C(=O)O)OC(C)(C)O[C@H]3[C@@H]2O1.CNCC[C@@H](O)c1cccs1. The van der Waals surface area contributed by atoms with Gasteiger partial charge in [0, 0.05) is 4.88 Å². The molecule has 1 aromatic heterocycles. The smallest absolute Gasteiger partial charge is 0.367 e. The molecule has 3 aliphatic rings. The number of nitrogens with one attached hydrogen (secondary N) is 1. The minimum absolute atomic E-state index is 0.246. The molecule has 5 atom stereocenters. The lowest BCUT2D eigenvalue weighted by Gasteiger charge is -2.38. The van der Waals surface area contributed by atoms with Crippen LogP contribution in [0.5, 0.6) is 0 Å². The minimum atomic E-state index is -1.82. The average molecular weight is 446 g/mol. The van der Waals surface area contributed by atoms with Crippen LogP contribution in [-0.4, -0.2) is 72.1 Å². The van der Waals surface area contributed by atoms with Crippen LogP contribution in [0.15, 0.2) is 17.5 Å². The van der Waals surface area contributed by atoms with E-state index in [2.05, 4.69) is 5.32 Å². The standard InChI is InChI=1S/C12H18O7.C8H13NOS/c1-10(2)15-5-6-7(17-10)8-12(16-6,9(13)14)19-11(3,4)18-8;1-9-5-4-7(10)8-3-2-6-11-8/h6-8H,5H2,1-4H3,(H,13,14);2-3,6-7,9-10H,4-5H2,1H3/t6-,7+,8-,12+;7-/m01/s1. The van der Waals surface area contributed by atoms with E-state index in [1.54, 1.807) is 39.0 Å². The lowest BCUT2D eigenvalue weighted by molar-refractivity contribution is -0.325. The number of aliphatic hydroxyl groups is 1. The van der Waals surface area contributed by atoms with Gasteiger partial charge in [0.15, 0.2) is 17.7 Å². The van der Waals surface area contributed by atoms with Crippen LogP contribution in [0.3, 0.4) is 0 Å². The van der Waals surface area contributed by atoms with Gasteiger partial charge < -0.3 is 39.2 Å². The maximum absolute atomic E-state index is 11.6. The first kappa shape index (κ1) is 23.6. The van der Waals surface area contributed by atoms with E-state index in [4.69, 9.17) is 23.7 Å². The summed E-state index contributed by atoms with van der Waals surface area (Å²) in [5, 5.41) is 24.0. The van der Waals surface area contributed by atoms with Crippen molar-refractivity contribution < 1.29 is 38.7 Å². The highest BCUT2D eigenvalue weighted by molar-refractivity contribution is 7.10. The van der Waals surface area contributed by atoms with Crippen LogP contribution < -0.4 is 5.32 Å². The van der Waals surface area contributed by atoms with Gasteiger partial charge in [-0.1, -0.05) is 6.07 Å². The molecule has 30 heavy (non-hydrogen) atoms. The number of carboxylic acid groups (broad SMARTS) is 1. The number of aliphatic carboxylic acids is 1. The highest BCUT2D eigenvalue weighted by Gasteiger charge is 2.71. The van der Waals surface area contributed by atoms with Crippen molar-refractivity contribution in [2.45, 2.75) is 75.9 Å². The molecule has 0 aliphatic carbocycles. The Morgan fingerprint density at radius 2 is 2.00 bits per heavy atom. The zero-order valence-electron chi connectivity index (χ0n) is 17.9. The maximum Gasteiger partial charge on any atom is 0.367 e. The van der Waals surface area contributed by atoms with Gasteiger partial charge in [0.05, 0.1) is 12.7 Å². The van der Waals surface area contributed by atoms with Crippen molar-refractivity contribution in [3.63, 3.8) is 0 Å². The first-order valence-corrected chi connectivity index (χ1v) is 10.8. The highest BCUT2D eigenvalue weighted by Crippen LogP contribution is 2.48. The molecular weight excluding hydrogens is 414 g/mol. The van der Waals surface area contributed by atoms with E-state index >= 15 is 0 Å². The van der Waals surface area contributed by atoms with Gasteiger partial charge in [-0.25, -0.2) is 4.79 Å². The second-order valence-corrected chi connectivity index (χ2v) is 9.37. The number of ether oxygens (including phenoxy) is 5. The Morgan fingerprint density at radius 3 is 2.60 bits per heavy atom. The Morgan fingerprint density at radius 1 is 1.27 bits per heavy atom. The van der Waals surface area contributed by atoms with Crippen molar-refractivity contribution in [2.24, 2.45) is 0 Å². The summed E-state index contributed by atoms with van der Waals surface area (Å²) in [6.07, 6.45) is -1.35. The predicted molar refractivity (Wildman–Crippen MR) is 108 cm³/mol. The third-order valence-corrected chi connectivity index (χ3v) is 6.00. The molecule has 10 heteroatoms. The summed E-state index contributed by atoms with van der Waals surface area (Å²) in [7, 11) is 1.89. The molecule has 0 saturated carbocycles. The van der Waals surface area contributed by atoms with Gasteiger partial charge >= 0.3 is 11.8 Å². The highest BCUT2D eigenvalue weighted by atomic mass is 32.1. The number of rotatable bonds is 5. The van der Waals surface area contributed by atoms with E-state index in [-0.39, 0.29) is 12.7 Å². The molecule has 170 valence electrons. The van der Waals surface area contributed by atoms with E-state index in [1.807, 2.05) is 24.6 Å². The van der Waals surface area contributed by atoms with Crippen molar-refractivity contribution in [3.05, 3.63) is 22.4 Å². The zero-order valence-corrected chi connectivity index (χ0v) is 18.7. The van der Waals surface area contributed by atoms with E-state index < -0.39 is 41.6 Å². The van der Waals surface area contributed by atoms with Crippen LogP contribution in [0.25, 0.3) is 0 Å². The Balaban J connectivity index is 0.000000199. The Hall–Kier alpha value is -1.11. The summed E-state index contributed by atoms with van der Waals surface area (Å²) in [6, 6.07) is 3.92. The zero-order chi connectivity index (χ0) is 22.2. The lowest BCUT2D eigenvalue weighted by atomic mass is 10.0. The third kappa shape index (κ3) is 4.86. The topological polar surface area (TPSA) is 116 Å². The molecule has 4 rings (SSSR count). The third-order valence-electron chi connectivity index (χ3n) is 5.03. The van der Waals surface area contributed by atoms with Crippen molar-refractivity contribution in [1.82, 2.24) is 5.32 Å². The van der Waals surface area contributed by atoms with Crippen molar-refractivity contribution in [2.75, 3.05) is 20.2 Å². The van der Waals surface area contributed by atoms with Crippen molar-refractivity contribution in [3.8, 4) is 0 Å². The number of aliphatic hydroxyl groups excluding tert-OH is 1. The first-order valence-electron chi connectivity index (χ1n) is 9.97. The molecule has 3 N–H and O–H groups in total. The molecule has 1 aromatic rings. The first-order chi connectivity index (χ1) is 14.0. The van der Waals surface area contributed by atoms with Crippen LogP contribution >= 0.6 is 11.3 Å². The molecule has 0 unspecified atom stereocenters. The van der Waals surface area contributed by atoms with Crippen LogP contribution in [0.1, 0.15) is 45.1 Å². The van der Waals surface area contributed by atoms with Gasteiger partial charge in [0.1, 0.15) is 12.2 Å². The van der Waals surface area contributed by atoms with Crippen molar-refractivity contribution in [1.29, 1.82) is 0 Å². The molecule has 3 aliphatic heterocycles. The fourth-order valence-electron chi connectivity index (χ4n) is 3.72. The van der Waals surface area contributed by atoms with E-state index in [0.717, 1.165) is 17.8 Å². The molecule has 9 nitrogen and oxygen atoms in total. The van der Waals surface area contributed by atoms with E-state index in [1.165, 1.54) is 0 Å². The van der Waals surface area contributed by atoms with Crippen LogP contribution in [-0.2, 0) is 28.5 Å². The summed E-state index contributed by atoms with van der Waals surface area (Å²) in [4.78, 5) is 12.6. The Labute approximate surface area is 180 Å². The number of fused-ring (bicyclic) bond motifs is 3. The molecule has 0 amide bonds. The second-order valence-electron chi connectivity index (χ2n) is 8.39. The van der Waals surface area contributed by atoms with Crippen LogP contribution in [0.4, 0.5) is 0 Å². The monoisotopic (exact) mass is 445 g/mol. The van der Waals surface area contributed by atoms with Crippen LogP contribution in [0, 0.1) is 0 Å². The molecule has 4 heterocycles. The molecule has 0 spiro atoms. The van der Waals surface area contributed by atoms with Gasteiger partial charge in [-0.15, -0.1) is 11.3 Å². The fourth-order valence-corrected chi connectivity index (χ4v) is 4.47. The second kappa shape index (κ2) is 8.79. The normalized spacial score (nSPS) is 34.4. The van der Waals surface area contributed by atoms with Gasteiger partial charge in [0.2, 0.25) is 0 Å². The van der Waals surface area contributed by atoms with Gasteiger partial charge in [-0.05, 0) is 59.2 Å². The van der Waals surface area contributed by atoms with Crippen LogP contribution in [0.2, 0.25) is 0 Å². The largest absolute Gasteiger partial charge is 0.477 e. The Kier molecular flexibility index (Phi) is 6.90. The van der Waals surface area contributed by atoms with Gasteiger partial charge in [0.25, 0.3) is 0 Å². The molecule has 3 fully saturated rings. The molecule has 0 radical (unpaired) electrons. The maximum atomic E-state index is 11.6. The predicted octanol–water partition coefficient (Wildman–Crippen LogP) is 1.86. The summed E-state index contributed by atoms with van der Waals surface area (Å²) >= 11 is 1.60. The lowest BCUT2D eigenvalue weighted by Crippen LogP contribution is -2.52. The molecular formula is C20H31NO8S. The number of carbonyl (C=O) groups is 1. The molecule has 3 saturated heterocycles. The summed E-state index contributed by atoms with van der Waals surface area (Å²) in [5.41, 5.74) is 0. The summed E-state index contributed by atoms with van der Waals surface area (Å²) in [5.74, 6) is -4.85. The molecule has 0 aromatic carbocycles.